The van der Waals surface area contributed by atoms with E-state index in [0.717, 1.165) is 32.2 Å². The van der Waals surface area contributed by atoms with Crippen LogP contribution in [0.5, 0.6) is 0 Å². The minimum Gasteiger partial charge on any atom is -0.385 e. The highest BCUT2D eigenvalue weighted by Crippen LogP contribution is 2.24. The van der Waals surface area contributed by atoms with Crippen LogP contribution in [0.3, 0.4) is 0 Å². The molecular weight excluding hydrogens is 316 g/mol. The van der Waals surface area contributed by atoms with Gasteiger partial charge >= 0.3 is 0 Å². The molecule has 0 N–H and O–H groups in total. The second kappa shape index (κ2) is 8.44. The van der Waals surface area contributed by atoms with E-state index in [1.54, 1.807) is 11.4 Å². The smallest absolute Gasteiger partial charge is 0.222 e. The Morgan fingerprint density at radius 2 is 1.91 bits per heavy atom. The molecule has 134 valence electrons. The largest absolute Gasteiger partial charge is 0.385 e. The Labute approximate surface area is 140 Å². The molecule has 1 amide bonds. The molecule has 6 nitrogen and oxygen atoms in total. The van der Waals surface area contributed by atoms with Crippen LogP contribution in [0.25, 0.3) is 0 Å². The number of hydrogen-bond acceptors (Lipinski definition) is 4. The van der Waals surface area contributed by atoms with Crippen molar-refractivity contribution in [3.8, 4) is 0 Å². The van der Waals surface area contributed by atoms with Gasteiger partial charge in [-0.25, -0.2) is 12.7 Å². The molecule has 0 aromatic heterocycles. The molecule has 1 atom stereocenters. The second-order valence-electron chi connectivity index (χ2n) is 6.81. The van der Waals surface area contributed by atoms with Gasteiger partial charge in [0.15, 0.2) is 0 Å². The van der Waals surface area contributed by atoms with Gasteiger partial charge in [0.2, 0.25) is 15.9 Å². The molecule has 0 spiro atoms. The maximum atomic E-state index is 12.5. The van der Waals surface area contributed by atoms with Crippen molar-refractivity contribution in [3.05, 3.63) is 0 Å². The molecule has 0 aromatic carbocycles. The quantitative estimate of drug-likeness (QED) is 0.667. The first-order valence-electron chi connectivity index (χ1n) is 8.70. The maximum absolute atomic E-state index is 12.5. The minimum absolute atomic E-state index is 0.213. The highest BCUT2D eigenvalue weighted by Gasteiger charge is 2.33. The van der Waals surface area contributed by atoms with Gasteiger partial charge in [-0.05, 0) is 38.0 Å². The third-order valence-electron chi connectivity index (χ3n) is 5.05. The number of hydrogen-bond donors (Lipinski definition) is 0. The Morgan fingerprint density at radius 1 is 1.22 bits per heavy atom. The SMILES string of the molecule is COCCC(C)CCS(=O)(=O)N1CCC(N2CCCC2=O)CC1. The van der Waals surface area contributed by atoms with Crippen LogP contribution in [0.1, 0.15) is 45.4 Å². The molecule has 2 fully saturated rings. The fraction of sp³-hybridized carbons (Fsp3) is 0.938. The van der Waals surface area contributed by atoms with Crippen molar-refractivity contribution in [2.24, 2.45) is 5.92 Å². The lowest BCUT2D eigenvalue weighted by Crippen LogP contribution is -2.47. The number of sulfonamides is 1. The van der Waals surface area contributed by atoms with Crippen LogP contribution in [0.4, 0.5) is 0 Å². The number of carbonyl (C=O) groups is 1. The van der Waals surface area contributed by atoms with Crippen molar-refractivity contribution < 1.29 is 17.9 Å². The summed E-state index contributed by atoms with van der Waals surface area (Å²) in [5, 5.41) is 0. The minimum atomic E-state index is -3.17. The number of nitrogens with zero attached hydrogens (tertiary/aromatic N) is 2. The number of carbonyl (C=O) groups excluding carboxylic acids is 1. The molecule has 0 bridgehead atoms. The molecule has 2 saturated heterocycles. The Kier molecular flexibility index (Phi) is 6.85. The number of piperidine rings is 1. The number of amides is 1. The number of likely N-dealkylation sites (tertiary alicyclic amines) is 1. The first kappa shape index (κ1) is 18.7. The molecule has 23 heavy (non-hydrogen) atoms. The summed E-state index contributed by atoms with van der Waals surface area (Å²) < 4.78 is 31.6. The van der Waals surface area contributed by atoms with E-state index in [0.29, 0.717) is 38.5 Å². The average Bonchev–Trinajstić information content (AvgIpc) is 2.97. The molecule has 2 heterocycles. The van der Waals surface area contributed by atoms with Gasteiger partial charge < -0.3 is 9.64 Å². The first-order valence-corrected chi connectivity index (χ1v) is 10.3. The lowest BCUT2D eigenvalue weighted by Gasteiger charge is -2.36. The maximum Gasteiger partial charge on any atom is 0.222 e. The fourth-order valence-electron chi connectivity index (χ4n) is 3.43. The topological polar surface area (TPSA) is 66.9 Å². The summed E-state index contributed by atoms with van der Waals surface area (Å²) in [5.74, 6) is 0.799. The van der Waals surface area contributed by atoms with Crippen molar-refractivity contribution in [1.82, 2.24) is 9.21 Å². The van der Waals surface area contributed by atoms with Crippen LogP contribution in [-0.4, -0.2) is 68.7 Å². The first-order chi connectivity index (χ1) is 10.9. The zero-order chi connectivity index (χ0) is 16.9. The van der Waals surface area contributed by atoms with Gasteiger partial charge in [-0.1, -0.05) is 6.92 Å². The highest BCUT2D eigenvalue weighted by atomic mass is 32.2. The fourth-order valence-corrected chi connectivity index (χ4v) is 5.16. The zero-order valence-corrected chi connectivity index (χ0v) is 15.2. The Balaban J connectivity index is 1.77. The molecule has 0 aliphatic carbocycles. The van der Waals surface area contributed by atoms with Crippen molar-refractivity contribution in [3.63, 3.8) is 0 Å². The van der Waals surface area contributed by atoms with Gasteiger partial charge in [0.1, 0.15) is 0 Å². The van der Waals surface area contributed by atoms with E-state index in [2.05, 4.69) is 6.92 Å². The van der Waals surface area contributed by atoms with Gasteiger partial charge in [-0.3, -0.25) is 4.79 Å². The zero-order valence-electron chi connectivity index (χ0n) is 14.4. The standard InChI is InChI=1S/C16H30N2O4S/c1-14(7-12-22-2)8-13-23(20,21)17-10-5-15(6-11-17)18-9-3-4-16(18)19/h14-15H,3-13H2,1-2H3. The summed E-state index contributed by atoms with van der Waals surface area (Å²) >= 11 is 0. The van der Waals surface area contributed by atoms with E-state index in [-0.39, 0.29) is 17.7 Å². The predicted octanol–water partition coefficient (Wildman–Crippen LogP) is 1.47. The molecule has 2 aliphatic heterocycles. The second-order valence-corrected chi connectivity index (χ2v) is 8.90. The molecular formula is C16H30N2O4S. The third-order valence-corrected chi connectivity index (χ3v) is 6.95. The summed E-state index contributed by atoms with van der Waals surface area (Å²) in [4.78, 5) is 13.8. The van der Waals surface area contributed by atoms with Crippen LogP contribution >= 0.6 is 0 Å². The lowest BCUT2D eigenvalue weighted by atomic mass is 10.1. The van der Waals surface area contributed by atoms with E-state index in [9.17, 15) is 13.2 Å². The highest BCUT2D eigenvalue weighted by molar-refractivity contribution is 7.89. The van der Waals surface area contributed by atoms with Gasteiger partial charge in [0, 0.05) is 45.8 Å². The Bertz CT molecular complexity index is 486. The molecule has 2 aliphatic rings. The number of rotatable bonds is 8. The van der Waals surface area contributed by atoms with E-state index in [1.807, 2.05) is 4.90 Å². The van der Waals surface area contributed by atoms with Gasteiger partial charge in [0.25, 0.3) is 0 Å². The van der Waals surface area contributed by atoms with Crippen molar-refractivity contribution in [1.29, 1.82) is 0 Å². The van der Waals surface area contributed by atoms with Crippen molar-refractivity contribution >= 4 is 15.9 Å². The van der Waals surface area contributed by atoms with E-state index in [1.165, 1.54) is 0 Å². The van der Waals surface area contributed by atoms with Gasteiger partial charge in [-0.15, -0.1) is 0 Å². The van der Waals surface area contributed by atoms with Crippen LogP contribution < -0.4 is 0 Å². The average molecular weight is 346 g/mol. The Morgan fingerprint density at radius 3 is 2.48 bits per heavy atom. The monoisotopic (exact) mass is 346 g/mol. The van der Waals surface area contributed by atoms with Crippen LogP contribution in [0, 0.1) is 5.92 Å². The van der Waals surface area contributed by atoms with Gasteiger partial charge in [0.05, 0.1) is 5.75 Å². The summed E-state index contributed by atoms with van der Waals surface area (Å²) in [5.41, 5.74) is 0. The Hall–Kier alpha value is -0.660. The van der Waals surface area contributed by atoms with Crippen LogP contribution in [0.15, 0.2) is 0 Å². The van der Waals surface area contributed by atoms with Gasteiger partial charge in [-0.2, -0.15) is 0 Å². The molecule has 0 radical (unpaired) electrons. The van der Waals surface area contributed by atoms with E-state index < -0.39 is 10.0 Å². The predicted molar refractivity (Wildman–Crippen MR) is 89.6 cm³/mol. The van der Waals surface area contributed by atoms with E-state index >= 15 is 0 Å². The third kappa shape index (κ3) is 5.16. The van der Waals surface area contributed by atoms with Crippen LogP contribution in [-0.2, 0) is 19.6 Å². The summed E-state index contributed by atoms with van der Waals surface area (Å²) in [6.45, 7) is 4.68. The number of ether oxygens (including phenoxy) is 1. The summed E-state index contributed by atoms with van der Waals surface area (Å²) in [6, 6.07) is 0.233. The molecule has 2 rings (SSSR count). The normalized spacial score (nSPS) is 22.7. The summed E-state index contributed by atoms with van der Waals surface area (Å²) in [7, 11) is -1.51. The number of methoxy groups -OCH3 is 1. The lowest BCUT2D eigenvalue weighted by molar-refractivity contribution is -0.130. The molecule has 0 saturated carbocycles. The van der Waals surface area contributed by atoms with Crippen LogP contribution in [0.2, 0.25) is 0 Å². The summed E-state index contributed by atoms with van der Waals surface area (Å²) in [6.07, 6.45) is 4.70. The molecule has 0 aromatic rings. The van der Waals surface area contributed by atoms with Crippen molar-refractivity contribution in [2.45, 2.75) is 51.5 Å². The van der Waals surface area contributed by atoms with E-state index in [4.69, 9.17) is 4.74 Å². The van der Waals surface area contributed by atoms with Crippen molar-refractivity contribution in [2.75, 3.05) is 39.1 Å². The molecule has 1 unspecified atom stereocenters. The molecule has 7 heteroatoms.